The van der Waals surface area contributed by atoms with Gasteiger partial charge in [-0.1, -0.05) is 0 Å². The number of aromatic nitrogens is 1. The monoisotopic (exact) mass is 282 g/mol. The molecule has 0 spiro atoms. The molecular weight excluding hydrogens is 268 g/mol. The van der Waals surface area contributed by atoms with Crippen LogP contribution < -0.4 is 10.9 Å². The summed E-state index contributed by atoms with van der Waals surface area (Å²) in [5.41, 5.74) is -0.254. The average molecular weight is 282 g/mol. The summed E-state index contributed by atoms with van der Waals surface area (Å²) in [5, 5.41) is 11.2. The van der Waals surface area contributed by atoms with Gasteiger partial charge in [-0.25, -0.2) is 4.79 Å². The Bertz CT molecular complexity index is 545. The van der Waals surface area contributed by atoms with E-state index in [0.717, 1.165) is 6.07 Å². The first-order chi connectivity index (χ1) is 9.43. The Morgan fingerprint density at radius 3 is 2.60 bits per heavy atom. The molecule has 0 radical (unpaired) electrons. The zero-order chi connectivity index (χ0) is 15.1. The van der Waals surface area contributed by atoms with Gasteiger partial charge in [0.25, 0.3) is 5.91 Å². The number of carboxylic acid groups (broad SMARTS) is 1. The van der Waals surface area contributed by atoms with Crippen LogP contribution in [0.25, 0.3) is 0 Å². The minimum Gasteiger partial charge on any atom is -0.480 e. The van der Waals surface area contributed by atoms with E-state index in [0.29, 0.717) is 0 Å². The molecule has 0 aromatic carbocycles. The van der Waals surface area contributed by atoms with Crippen LogP contribution in [-0.2, 0) is 14.3 Å². The van der Waals surface area contributed by atoms with E-state index < -0.39 is 23.9 Å². The molecule has 20 heavy (non-hydrogen) atoms. The maximum atomic E-state index is 11.8. The van der Waals surface area contributed by atoms with Gasteiger partial charge >= 0.3 is 11.9 Å². The zero-order valence-corrected chi connectivity index (χ0v) is 10.7. The predicted octanol–water partition coefficient (Wildman–Crippen LogP) is -0.489. The molecule has 1 atom stereocenters. The molecule has 1 aromatic heterocycles. The van der Waals surface area contributed by atoms with Crippen molar-refractivity contribution in [3.05, 3.63) is 34.2 Å². The van der Waals surface area contributed by atoms with Crippen molar-refractivity contribution in [2.75, 3.05) is 7.11 Å². The highest BCUT2D eigenvalue weighted by Gasteiger charge is 2.21. The Morgan fingerprint density at radius 2 is 2.10 bits per heavy atom. The largest absolute Gasteiger partial charge is 0.480 e. The van der Waals surface area contributed by atoms with E-state index in [9.17, 15) is 19.2 Å². The van der Waals surface area contributed by atoms with Gasteiger partial charge in [0.05, 0.1) is 12.7 Å². The van der Waals surface area contributed by atoms with Crippen molar-refractivity contribution in [3.8, 4) is 0 Å². The smallest absolute Gasteiger partial charge is 0.326 e. The van der Waals surface area contributed by atoms with Gasteiger partial charge in [-0.05, 0) is 12.5 Å². The molecule has 0 saturated carbocycles. The summed E-state index contributed by atoms with van der Waals surface area (Å²) in [6.45, 7) is 0. The predicted molar refractivity (Wildman–Crippen MR) is 67.2 cm³/mol. The lowest BCUT2D eigenvalue weighted by molar-refractivity contribution is -0.142. The molecule has 0 unspecified atom stereocenters. The van der Waals surface area contributed by atoms with E-state index in [1.54, 1.807) is 0 Å². The van der Waals surface area contributed by atoms with Gasteiger partial charge in [-0.3, -0.25) is 14.4 Å². The number of rotatable bonds is 6. The quantitative estimate of drug-likeness (QED) is 0.604. The van der Waals surface area contributed by atoms with Crippen LogP contribution >= 0.6 is 0 Å². The maximum absolute atomic E-state index is 11.8. The van der Waals surface area contributed by atoms with Crippen LogP contribution in [0.2, 0.25) is 0 Å². The molecule has 1 rings (SSSR count). The molecule has 8 nitrogen and oxygen atoms in total. The number of carboxylic acids is 1. The van der Waals surface area contributed by atoms with E-state index in [1.165, 1.54) is 19.4 Å². The zero-order valence-electron chi connectivity index (χ0n) is 10.7. The van der Waals surface area contributed by atoms with Crippen molar-refractivity contribution in [1.29, 1.82) is 0 Å². The van der Waals surface area contributed by atoms with E-state index >= 15 is 0 Å². The van der Waals surface area contributed by atoms with E-state index in [4.69, 9.17) is 5.11 Å². The second-order valence-corrected chi connectivity index (χ2v) is 3.92. The molecule has 108 valence electrons. The highest BCUT2D eigenvalue weighted by molar-refractivity contribution is 5.96. The normalized spacial score (nSPS) is 11.4. The van der Waals surface area contributed by atoms with Crippen LogP contribution in [0, 0.1) is 0 Å². The number of hydrogen-bond donors (Lipinski definition) is 3. The van der Waals surface area contributed by atoms with Crippen LogP contribution in [0.15, 0.2) is 23.1 Å². The fraction of sp³-hybridized carbons (Fsp3) is 0.333. The Kier molecular flexibility index (Phi) is 5.45. The molecule has 0 aliphatic rings. The summed E-state index contributed by atoms with van der Waals surface area (Å²) in [6.07, 6.45) is 0.966. The highest BCUT2D eigenvalue weighted by Crippen LogP contribution is 2.02. The van der Waals surface area contributed by atoms with Crippen molar-refractivity contribution in [2.45, 2.75) is 18.9 Å². The van der Waals surface area contributed by atoms with Gasteiger partial charge in [0.1, 0.15) is 6.04 Å². The third kappa shape index (κ3) is 4.56. The molecule has 0 saturated heterocycles. The van der Waals surface area contributed by atoms with E-state index in [1.807, 2.05) is 0 Å². The van der Waals surface area contributed by atoms with Gasteiger partial charge in [0, 0.05) is 18.7 Å². The minimum atomic E-state index is -1.26. The molecule has 1 amide bonds. The summed E-state index contributed by atoms with van der Waals surface area (Å²) >= 11 is 0. The van der Waals surface area contributed by atoms with Crippen LogP contribution in [-0.4, -0.2) is 41.1 Å². The Balaban J connectivity index is 2.67. The lowest BCUT2D eigenvalue weighted by Gasteiger charge is -2.13. The van der Waals surface area contributed by atoms with Crippen LogP contribution in [0.5, 0.6) is 0 Å². The van der Waals surface area contributed by atoms with Crippen molar-refractivity contribution < 1.29 is 24.2 Å². The van der Waals surface area contributed by atoms with Crippen molar-refractivity contribution in [3.63, 3.8) is 0 Å². The second-order valence-electron chi connectivity index (χ2n) is 3.92. The molecule has 8 heteroatoms. The number of nitrogens with one attached hydrogen (secondary N) is 2. The summed E-state index contributed by atoms with van der Waals surface area (Å²) in [4.78, 5) is 46.9. The Hall–Kier alpha value is -2.64. The molecule has 1 heterocycles. The fourth-order valence-corrected chi connectivity index (χ4v) is 1.42. The second kappa shape index (κ2) is 7.07. The first-order valence-corrected chi connectivity index (χ1v) is 5.73. The summed E-state index contributed by atoms with van der Waals surface area (Å²) < 4.78 is 4.40. The van der Waals surface area contributed by atoms with Gasteiger partial charge in [0.2, 0.25) is 5.56 Å². The average Bonchev–Trinajstić information content (AvgIpc) is 2.43. The van der Waals surface area contributed by atoms with Gasteiger partial charge in [0.15, 0.2) is 0 Å². The number of H-pyrrole nitrogens is 1. The fourth-order valence-electron chi connectivity index (χ4n) is 1.42. The summed E-state index contributed by atoms with van der Waals surface area (Å²) in [5.74, 6) is -2.47. The molecule has 0 bridgehead atoms. The number of aliphatic carboxylic acids is 1. The highest BCUT2D eigenvalue weighted by atomic mass is 16.5. The molecule has 0 fully saturated rings. The Labute approximate surface area is 113 Å². The van der Waals surface area contributed by atoms with Gasteiger partial charge in [-0.15, -0.1) is 0 Å². The topological polar surface area (TPSA) is 126 Å². The lowest BCUT2D eigenvalue weighted by Crippen LogP contribution is -2.41. The van der Waals surface area contributed by atoms with Crippen LogP contribution in [0.4, 0.5) is 0 Å². The van der Waals surface area contributed by atoms with E-state index in [2.05, 4.69) is 15.0 Å². The SMILES string of the molecule is COC(=O)CC[C@@H](NC(=O)c1ccc(=O)[nH]c1)C(=O)O. The minimum absolute atomic E-state index is 0.0862. The van der Waals surface area contributed by atoms with Gasteiger partial charge < -0.3 is 20.1 Å². The molecule has 0 aliphatic heterocycles. The van der Waals surface area contributed by atoms with Crippen LogP contribution in [0.1, 0.15) is 23.2 Å². The summed E-state index contributed by atoms with van der Waals surface area (Å²) in [7, 11) is 1.19. The van der Waals surface area contributed by atoms with Crippen LogP contribution in [0.3, 0.4) is 0 Å². The molecule has 1 aromatic rings. The van der Waals surface area contributed by atoms with Crippen molar-refractivity contribution in [2.24, 2.45) is 0 Å². The first-order valence-electron chi connectivity index (χ1n) is 5.73. The number of esters is 1. The number of carbonyl (C=O) groups is 3. The number of pyridine rings is 1. The van der Waals surface area contributed by atoms with Crippen molar-refractivity contribution >= 4 is 17.8 Å². The maximum Gasteiger partial charge on any atom is 0.326 e. The molecule has 3 N–H and O–H groups in total. The first kappa shape index (κ1) is 15.4. The number of methoxy groups -OCH3 is 1. The number of amides is 1. The van der Waals surface area contributed by atoms with Gasteiger partial charge in [-0.2, -0.15) is 0 Å². The van der Waals surface area contributed by atoms with E-state index in [-0.39, 0.29) is 24.0 Å². The molecular formula is C12H14N2O6. The summed E-state index contributed by atoms with van der Waals surface area (Å²) in [6, 6.07) is 1.21. The number of aromatic amines is 1. The third-order valence-corrected chi connectivity index (χ3v) is 2.51. The number of ether oxygens (including phenoxy) is 1. The lowest BCUT2D eigenvalue weighted by atomic mass is 10.1. The molecule has 0 aliphatic carbocycles. The third-order valence-electron chi connectivity index (χ3n) is 2.51. The standard InChI is InChI=1S/C12H14N2O6/c1-20-10(16)5-3-8(12(18)19)14-11(17)7-2-4-9(15)13-6-7/h2,4,6,8H,3,5H2,1H3,(H,13,15)(H,14,17)(H,18,19)/t8-/m1/s1. The number of hydrogen-bond acceptors (Lipinski definition) is 5. The number of carbonyl (C=O) groups excluding carboxylic acids is 2. The Morgan fingerprint density at radius 1 is 1.40 bits per heavy atom. The van der Waals surface area contributed by atoms with Crippen molar-refractivity contribution in [1.82, 2.24) is 10.3 Å².